The Balaban J connectivity index is 1.48. The number of aromatic nitrogens is 3. The van der Waals surface area contributed by atoms with Crippen LogP contribution >= 0.6 is 11.3 Å². The van der Waals surface area contributed by atoms with Crippen LogP contribution in [0.5, 0.6) is 0 Å². The Bertz CT molecular complexity index is 825. The van der Waals surface area contributed by atoms with Gasteiger partial charge in [-0.3, -0.25) is 0 Å². The number of hydrogen-bond donors (Lipinski definition) is 2. The average Bonchev–Trinajstić information content (AvgIpc) is 2.84. The quantitative estimate of drug-likeness (QED) is 0.765. The highest BCUT2D eigenvalue weighted by atomic mass is 32.1. The van der Waals surface area contributed by atoms with Gasteiger partial charge in [0.2, 0.25) is 0 Å². The number of nitrogens with zero attached hydrogens (tertiary/aromatic N) is 3. The van der Waals surface area contributed by atoms with Gasteiger partial charge in [-0.15, -0.1) is 11.3 Å². The summed E-state index contributed by atoms with van der Waals surface area (Å²) in [4.78, 5) is 14.0. The molecule has 1 aliphatic rings. The molecule has 24 heavy (non-hydrogen) atoms. The number of para-hydroxylation sites is 1. The lowest BCUT2D eigenvalue weighted by molar-refractivity contribution is 0.708. The number of aryl methyl sites for hydroxylation is 1. The Hall–Kier alpha value is -2.05. The third kappa shape index (κ3) is 3.25. The van der Waals surface area contributed by atoms with E-state index in [1.54, 1.807) is 11.3 Å². The molecule has 1 aliphatic heterocycles. The Morgan fingerprint density at radius 1 is 1.12 bits per heavy atom. The second kappa shape index (κ2) is 6.83. The highest BCUT2D eigenvalue weighted by Gasteiger charge is 2.15. The maximum Gasteiger partial charge on any atom is 0.133 e. The molecule has 2 N–H and O–H groups in total. The van der Waals surface area contributed by atoms with E-state index in [0.29, 0.717) is 0 Å². The van der Waals surface area contributed by atoms with E-state index in [9.17, 15) is 0 Å². The minimum atomic E-state index is 0.843. The third-order valence-corrected chi connectivity index (χ3v) is 5.36. The zero-order valence-corrected chi connectivity index (χ0v) is 14.6. The maximum absolute atomic E-state index is 4.70. The molecule has 6 heteroatoms. The van der Waals surface area contributed by atoms with Gasteiger partial charge in [0.05, 0.1) is 20.9 Å². The smallest absolute Gasteiger partial charge is 0.133 e. The normalized spacial score (nSPS) is 14.4. The third-order valence-electron chi connectivity index (χ3n) is 4.26. The van der Waals surface area contributed by atoms with E-state index in [1.165, 1.54) is 21.0 Å². The first-order valence-electron chi connectivity index (χ1n) is 8.45. The molecule has 3 heterocycles. The Labute approximate surface area is 145 Å². The van der Waals surface area contributed by atoms with Gasteiger partial charge in [-0.25, -0.2) is 15.0 Å². The second-order valence-corrected chi connectivity index (χ2v) is 7.16. The largest absolute Gasteiger partial charge is 0.369 e. The molecule has 2 aromatic heterocycles. The monoisotopic (exact) mass is 339 g/mol. The lowest BCUT2D eigenvalue weighted by Gasteiger charge is -2.13. The molecule has 5 nitrogen and oxygen atoms in total. The molecule has 0 unspecified atom stereocenters. The van der Waals surface area contributed by atoms with E-state index in [2.05, 4.69) is 38.8 Å². The fourth-order valence-corrected chi connectivity index (χ4v) is 4.10. The summed E-state index contributed by atoms with van der Waals surface area (Å²) in [7, 11) is 0. The van der Waals surface area contributed by atoms with Crippen LogP contribution in [0.2, 0.25) is 0 Å². The van der Waals surface area contributed by atoms with Crippen molar-refractivity contribution in [3.63, 3.8) is 0 Å². The highest BCUT2D eigenvalue weighted by molar-refractivity contribution is 7.18. The minimum Gasteiger partial charge on any atom is -0.369 e. The molecule has 0 atom stereocenters. The van der Waals surface area contributed by atoms with Crippen molar-refractivity contribution >= 4 is 27.4 Å². The first kappa shape index (κ1) is 15.5. The van der Waals surface area contributed by atoms with Gasteiger partial charge >= 0.3 is 0 Å². The number of fused-ring (bicyclic) bond motifs is 2. The van der Waals surface area contributed by atoms with Crippen molar-refractivity contribution in [3.05, 3.63) is 46.4 Å². The zero-order valence-electron chi connectivity index (χ0n) is 13.8. The molecule has 3 aromatic rings. The Morgan fingerprint density at radius 2 is 2.00 bits per heavy atom. The molecule has 0 fully saturated rings. The van der Waals surface area contributed by atoms with Crippen LogP contribution in [0.15, 0.2) is 24.3 Å². The van der Waals surface area contributed by atoms with Crippen LogP contribution in [0, 0.1) is 6.92 Å². The lowest BCUT2D eigenvalue weighted by atomic mass is 10.1. The van der Waals surface area contributed by atoms with Crippen LogP contribution in [-0.4, -0.2) is 34.6 Å². The van der Waals surface area contributed by atoms with Crippen molar-refractivity contribution in [2.45, 2.75) is 26.2 Å². The summed E-state index contributed by atoms with van der Waals surface area (Å²) < 4.78 is 1.25. The van der Waals surface area contributed by atoms with Gasteiger partial charge in [-0.2, -0.15) is 0 Å². The maximum atomic E-state index is 4.70. The van der Waals surface area contributed by atoms with E-state index in [4.69, 9.17) is 4.98 Å². The Morgan fingerprint density at radius 3 is 2.92 bits per heavy atom. The first-order valence-corrected chi connectivity index (χ1v) is 9.27. The van der Waals surface area contributed by atoms with Gasteiger partial charge in [-0.1, -0.05) is 12.1 Å². The van der Waals surface area contributed by atoms with E-state index in [-0.39, 0.29) is 0 Å². The van der Waals surface area contributed by atoms with Gasteiger partial charge in [0.25, 0.3) is 0 Å². The van der Waals surface area contributed by atoms with Crippen LogP contribution in [0.1, 0.15) is 22.1 Å². The minimum absolute atomic E-state index is 0.843. The number of rotatable bonds is 4. The number of benzene rings is 1. The highest BCUT2D eigenvalue weighted by Crippen LogP contribution is 2.23. The van der Waals surface area contributed by atoms with E-state index in [0.717, 1.165) is 56.1 Å². The van der Waals surface area contributed by atoms with Crippen molar-refractivity contribution in [1.29, 1.82) is 0 Å². The predicted molar refractivity (Wildman–Crippen MR) is 98.9 cm³/mol. The van der Waals surface area contributed by atoms with E-state index in [1.807, 2.05) is 13.0 Å². The molecule has 0 saturated heterocycles. The summed E-state index contributed by atoms with van der Waals surface area (Å²) in [5, 5.41) is 8.12. The van der Waals surface area contributed by atoms with Crippen LogP contribution in [0.3, 0.4) is 0 Å². The fraction of sp³-hybridized carbons (Fsp3) is 0.389. The van der Waals surface area contributed by atoms with Crippen molar-refractivity contribution in [3.8, 4) is 0 Å². The van der Waals surface area contributed by atoms with Gasteiger partial charge in [0.15, 0.2) is 0 Å². The topological polar surface area (TPSA) is 62.7 Å². The summed E-state index contributed by atoms with van der Waals surface area (Å²) in [6.45, 7) is 4.80. The van der Waals surface area contributed by atoms with Crippen molar-refractivity contribution in [1.82, 2.24) is 20.3 Å². The summed E-state index contributed by atoms with van der Waals surface area (Å²) in [5.41, 5.74) is 3.56. The summed E-state index contributed by atoms with van der Waals surface area (Å²) in [6.07, 6.45) is 2.87. The standard InChI is InChI=1S/C18H21N5S/c1-12-21-14-7-10-19-9-6-13(14)18(22-12)20-11-8-17-23-15-4-2-3-5-16(15)24-17/h2-5,19H,6-11H2,1H3,(H,20,21,22). The van der Waals surface area contributed by atoms with Crippen LogP contribution < -0.4 is 10.6 Å². The number of hydrogen-bond acceptors (Lipinski definition) is 6. The number of thiazole rings is 1. The molecule has 124 valence electrons. The second-order valence-electron chi connectivity index (χ2n) is 6.05. The molecule has 0 radical (unpaired) electrons. The van der Waals surface area contributed by atoms with Gasteiger partial charge in [0.1, 0.15) is 11.6 Å². The van der Waals surface area contributed by atoms with Crippen LogP contribution in [0.25, 0.3) is 10.2 Å². The molecule has 4 rings (SSSR count). The van der Waals surface area contributed by atoms with Crippen LogP contribution in [0.4, 0.5) is 5.82 Å². The van der Waals surface area contributed by atoms with Crippen LogP contribution in [-0.2, 0) is 19.3 Å². The molecular weight excluding hydrogens is 318 g/mol. The van der Waals surface area contributed by atoms with Crippen molar-refractivity contribution in [2.24, 2.45) is 0 Å². The van der Waals surface area contributed by atoms with E-state index >= 15 is 0 Å². The Kier molecular flexibility index (Phi) is 4.40. The molecule has 1 aromatic carbocycles. The van der Waals surface area contributed by atoms with E-state index < -0.39 is 0 Å². The van der Waals surface area contributed by atoms with Gasteiger partial charge in [0, 0.05) is 31.5 Å². The number of anilines is 1. The first-order chi connectivity index (χ1) is 11.8. The molecule has 0 saturated carbocycles. The van der Waals surface area contributed by atoms with Gasteiger partial charge in [-0.05, 0) is 32.0 Å². The summed E-state index contributed by atoms with van der Waals surface area (Å²) in [5.74, 6) is 1.85. The molecule has 0 spiro atoms. The molecule has 0 aliphatic carbocycles. The molecule has 0 bridgehead atoms. The molecule has 0 amide bonds. The number of nitrogens with one attached hydrogen (secondary N) is 2. The van der Waals surface area contributed by atoms with Gasteiger partial charge < -0.3 is 10.6 Å². The SMILES string of the molecule is Cc1nc2c(c(NCCc3nc4ccccc4s3)n1)CCNCC2. The summed E-state index contributed by atoms with van der Waals surface area (Å²) >= 11 is 1.77. The van der Waals surface area contributed by atoms with Crippen molar-refractivity contribution in [2.75, 3.05) is 25.0 Å². The lowest BCUT2D eigenvalue weighted by Crippen LogP contribution is -2.16. The van der Waals surface area contributed by atoms with Crippen molar-refractivity contribution < 1.29 is 0 Å². The fourth-order valence-electron chi connectivity index (χ4n) is 3.13. The molecular formula is C18H21N5S. The predicted octanol–water partition coefficient (Wildman–Crippen LogP) is 2.74. The average molecular weight is 339 g/mol. The zero-order chi connectivity index (χ0) is 16.4. The summed E-state index contributed by atoms with van der Waals surface area (Å²) in [6, 6.07) is 8.31.